The lowest BCUT2D eigenvalue weighted by Crippen LogP contribution is -2.51. The Hall–Kier alpha value is -0.120. The van der Waals surface area contributed by atoms with E-state index in [9.17, 15) is 0 Å². The van der Waals surface area contributed by atoms with Gasteiger partial charge in [0.2, 0.25) is 0 Å². The van der Waals surface area contributed by atoms with Crippen LogP contribution in [-0.4, -0.2) is 48.3 Å². The van der Waals surface area contributed by atoms with Crippen LogP contribution in [0.2, 0.25) is 0 Å². The summed E-state index contributed by atoms with van der Waals surface area (Å²) in [5.74, 6) is 0. The predicted molar refractivity (Wildman–Crippen MR) is 43.5 cm³/mol. The highest BCUT2D eigenvalue weighted by molar-refractivity contribution is 4.91. The first-order valence-electron chi connectivity index (χ1n) is 4.49. The molecule has 2 rings (SSSR count). The van der Waals surface area contributed by atoms with Gasteiger partial charge in [0, 0.05) is 31.7 Å². The lowest BCUT2D eigenvalue weighted by atomic mass is 10.2. The maximum Gasteiger partial charge on any atom is 0.0587 e. The Bertz CT molecular complexity index is 134. The maximum atomic E-state index is 9.04. The zero-order valence-corrected chi connectivity index (χ0v) is 6.79. The summed E-state index contributed by atoms with van der Waals surface area (Å²) in [5, 5.41) is 12.4. The van der Waals surface area contributed by atoms with E-state index < -0.39 is 0 Å². The Morgan fingerprint density at radius 1 is 1.45 bits per heavy atom. The molecule has 2 saturated heterocycles. The summed E-state index contributed by atoms with van der Waals surface area (Å²) in [5.41, 5.74) is 0. The third-order valence-electron chi connectivity index (χ3n) is 2.91. The molecule has 0 aromatic carbocycles. The van der Waals surface area contributed by atoms with E-state index in [2.05, 4.69) is 10.2 Å². The SMILES string of the molecule is OC[C@@H]1CC[C@@H]2CNCCN12. The average molecular weight is 156 g/mol. The van der Waals surface area contributed by atoms with E-state index in [1.165, 1.54) is 12.8 Å². The van der Waals surface area contributed by atoms with Crippen molar-refractivity contribution in [1.82, 2.24) is 10.2 Å². The standard InChI is InChI=1S/C8H16N2O/c11-6-8-2-1-7-5-9-3-4-10(7)8/h7-9,11H,1-6H2/t7-,8+/m1/s1. The summed E-state index contributed by atoms with van der Waals surface area (Å²) < 4.78 is 0. The van der Waals surface area contributed by atoms with E-state index in [0.717, 1.165) is 19.6 Å². The van der Waals surface area contributed by atoms with Gasteiger partial charge in [-0.1, -0.05) is 0 Å². The second-order valence-corrected chi connectivity index (χ2v) is 3.51. The normalized spacial score (nSPS) is 39.0. The van der Waals surface area contributed by atoms with Crippen LogP contribution in [0, 0.1) is 0 Å². The third kappa shape index (κ3) is 1.28. The highest BCUT2D eigenvalue weighted by Crippen LogP contribution is 2.24. The molecular weight excluding hydrogens is 140 g/mol. The molecule has 0 saturated carbocycles. The van der Waals surface area contributed by atoms with Crippen LogP contribution in [0.1, 0.15) is 12.8 Å². The van der Waals surface area contributed by atoms with Crippen molar-refractivity contribution in [1.29, 1.82) is 0 Å². The first kappa shape index (κ1) is 7.53. The van der Waals surface area contributed by atoms with Crippen molar-refractivity contribution in [3.05, 3.63) is 0 Å². The number of hydrogen-bond donors (Lipinski definition) is 2. The van der Waals surface area contributed by atoms with Gasteiger partial charge in [0.1, 0.15) is 0 Å². The Balaban J connectivity index is 1.98. The van der Waals surface area contributed by atoms with Crippen LogP contribution >= 0.6 is 0 Å². The van der Waals surface area contributed by atoms with Crippen molar-refractivity contribution < 1.29 is 5.11 Å². The highest BCUT2D eigenvalue weighted by atomic mass is 16.3. The Morgan fingerprint density at radius 2 is 2.36 bits per heavy atom. The lowest BCUT2D eigenvalue weighted by Gasteiger charge is -2.33. The fraction of sp³-hybridized carbons (Fsp3) is 1.00. The van der Waals surface area contributed by atoms with E-state index in [0.29, 0.717) is 18.7 Å². The number of hydrogen-bond acceptors (Lipinski definition) is 3. The molecule has 11 heavy (non-hydrogen) atoms. The molecule has 2 atom stereocenters. The summed E-state index contributed by atoms with van der Waals surface area (Å²) >= 11 is 0. The fourth-order valence-corrected chi connectivity index (χ4v) is 2.27. The van der Waals surface area contributed by atoms with Crippen LogP contribution in [-0.2, 0) is 0 Å². The molecule has 0 bridgehead atoms. The molecule has 0 aromatic heterocycles. The highest BCUT2D eigenvalue weighted by Gasteiger charge is 2.33. The minimum Gasteiger partial charge on any atom is -0.395 e. The Morgan fingerprint density at radius 3 is 3.18 bits per heavy atom. The largest absolute Gasteiger partial charge is 0.395 e. The molecule has 2 aliphatic heterocycles. The molecule has 2 heterocycles. The third-order valence-corrected chi connectivity index (χ3v) is 2.91. The summed E-state index contributed by atoms with van der Waals surface area (Å²) in [6.45, 7) is 3.68. The number of rotatable bonds is 1. The smallest absolute Gasteiger partial charge is 0.0587 e. The monoisotopic (exact) mass is 156 g/mol. The molecule has 2 N–H and O–H groups in total. The van der Waals surface area contributed by atoms with Crippen molar-refractivity contribution in [2.45, 2.75) is 24.9 Å². The Kier molecular flexibility index (Phi) is 2.11. The van der Waals surface area contributed by atoms with E-state index >= 15 is 0 Å². The zero-order valence-electron chi connectivity index (χ0n) is 6.79. The van der Waals surface area contributed by atoms with Gasteiger partial charge in [0.25, 0.3) is 0 Å². The van der Waals surface area contributed by atoms with Crippen LogP contribution in [0.4, 0.5) is 0 Å². The van der Waals surface area contributed by atoms with Crippen molar-refractivity contribution in [2.24, 2.45) is 0 Å². The van der Waals surface area contributed by atoms with Crippen LogP contribution in [0.5, 0.6) is 0 Å². The molecule has 2 fully saturated rings. The van der Waals surface area contributed by atoms with Gasteiger partial charge >= 0.3 is 0 Å². The number of fused-ring (bicyclic) bond motifs is 1. The number of aliphatic hydroxyl groups is 1. The molecule has 0 radical (unpaired) electrons. The van der Waals surface area contributed by atoms with Crippen LogP contribution in [0.25, 0.3) is 0 Å². The van der Waals surface area contributed by atoms with Gasteiger partial charge in [-0.3, -0.25) is 4.90 Å². The minimum atomic E-state index is 0.344. The maximum absolute atomic E-state index is 9.04. The summed E-state index contributed by atoms with van der Waals surface area (Å²) in [7, 11) is 0. The van der Waals surface area contributed by atoms with Crippen LogP contribution in [0.15, 0.2) is 0 Å². The molecule has 2 aliphatic rings. The van der Waals surface area contributed by atoms with Gasteiger partial charge in [-0.05, 0) is 12.8 Å². The molecule has 64 valence electrons. The van der Waals surface area contributed by atoms with Crippen molar-refractivity contribution in [2.75, 3.05) is 26.2 Å². The zero-order chi connectivity index (χ0) is 7.68. The van der Waals surface area contributed by atoms with E-state index in [-0.39, 0.29) is 0 Å². The second kappa shape index (κ2) is 3.09. The van der Waals surface area contributed by atoms with Crippen molar-refractivity contribution in [3.63, 3.8) is 0 Å². The van der Waals surface area contributed by atoms with Gasteiger partial charge in [-0.25, -0.2) is 0 Å². The van der Waals surface area contributed by atoms with Gasteiger partial charge in [0.05, 0.1) is 6.61 Å². The van der Waals surface area contributed by atoms with Crippen LogP contribution in [0.3, 0.4) is 0 Å². The quantitative estimate of drug-likeness (QED) is 0.533. The first-order chi connectivity index (χ1) is 5.42. The van der Waals surface area contributed by atoms with E-state index in [1.54, 1.807) is 0 Å². The number of aliphatic hydroxyl groups excluding tert-OH is 1. The van der Waals surface area contributed by atoms with Gasteiger partial charge < -0.3 is 10.4 Å². The molecule has 0 unspecified atom stereocenters. The van der Waals surface area contributed by atoms with Crippen molar-refractivity contribution >= 4 is 0 Å². The molecule has 3 heteroatoms. The number of piperazine rings is 1. The lowest BCUT2D eigenvalue weighted by molar-refractivity contribution is 0.112. The predicted octanol–water partition coefficient (Wildman–Crippen LogP) is -0.585. The molecule has 0 aliphatic carbocycles. The van der Waals surface area contributed by atoms with Crippen LogP contribution < -0.4 is 5.32 Å². The summed E-state index contributed by atoms with van der Waals surface area (Å²) in [6, 6.07) is 1.17. The summed E-state index contributed by atoms with van der Waals surface area (Å²) in [6.07, 6.45) is 2.45. The van der Waals surface area contributed by atoms with Crippen molar-refractivity contribution in [3.8, 4) is 0 Å². The van der Waals surface area contributed by atoms with Gasteiger partial charge in [-0.2, -0.15) is 0 Å². The number of nitrogens with zero attached hydrogens (tertiary/aromatic N) is 1. The molecular formula is C8H16N2O. The van der Waals surface area contributed by atoms with E-state index in [1.807, 2.05) is 0 Å². The van der Waals surface area contributed by atoms with Gasteiger partial charge in [0.15, 0.2) is 0 Å². The summed E-state index contributed by atoms with van der Waals surface area (Å²) in [4.78, 5) is 2.45. The molecule has 3 nitrogen and oxygen atoms in total. The second-order valence-electron chi connectivity index (χ2n) is 3.51. The minimum absolute atomic E-state index is 0.344. The molecule has 0 amide bonds. The fourth-order valence-electron chi connectivity index (χ4n) is 2.27. The number of nitrogens with one attached hydrogen (secondary N) is 1. The average Bonchev–Trinajstić information content (AvgIpc) is 2.47. The van der Waals surface area contributed by atoms with Gasteiger partial charge in [-0.15, -0.1) is 0 Å². The first-order valence-corrected chi connectivity index (χ1v) is 4.49. The molecule has 0 spiro atoms. The topological polar surface area (TPSA) is 35.5 Å². The molecule has 0 aromatic rings. The van der Waals surface area contributed by atoms with E-state index in [4.69, 9.17) is 5.11 Å². The Labute approximate surface area is 67.4 Å².